The summed E-state index contributed by atoms with van der Waals surface area (Å²) in [7, 11) is 0. The lowest BCUT2D eigenvalue weighted by Crippen LogP contribution is -2.42. The number of aliphatic imine (C=N–C) groups is 1. The maximum atomic E-state index is 4.83. The quantitative estimate of drug-likeness (QED) is 0.528. The largest absolute Gasteiger partial charge is 0.357 e. The molecule has 2 aromatic rings. The molecule has 2 heterocycles. The van der Waals surface area contributed by atoms with Crippen molar-refractivity contribution in [2.24, 2.45) is 4.99 Å². The Morgan fingerprint density at radius 2 is 2.07 bits per heavy atom. The van der Waals surface area contributed by atoms with Crippen LogP contribution >= 0.6 is 11.3 Å². The predicted octanol–water partition coefficient (Wildman–Crippen LogP) is 3.25. The van der Waals surface area contributed by atoms with Gasteiger partial charge in [0.25, 0.3) is 0 Å². The van der Waals surface area contributed by atoms with Gasteiger partial charge in [0.2, 0.25) is 0 Å². The summed E-state index contributed by atoms with van der Waals surface area (Å²) in [5.74, 6) is 0.902. The molecule has 0 radical (unpaired) electrons. The molecule has 1 aliphatic rings. The molecule has 0 saturated carbocycles. The summed E-state index contributed by atoms with van der Waals surface area (Å²) in [5.41, 5.74) is 2.96. The van der Waals surface area contributed by atoms with Crippen molar-refractivity contribution in [3.8, 4) is 0 Å². The lowest BCUT2D eigenvalue weighted by atomic mass is 9.99. The minimum absolute atomic E-state index is 0.426. The number of nitrogens with zero attached hydrogens (tertiary/aromatic N) is 3. The van der Waals surface area contributed by atoms with E-state index in [-0.39, 0.29) is 0 Å². The summed E-state index contributed by atoms with van der Waals surface area (Å²) in [4.78, 5) is 13.2. The number of aromatic nitrogens is 1. The monoisotopic (exact) mass is 399 g/mol. The van der Waals surface area contributed by atoms with Crippen LogP contribution in [0.2, 0.25) is 0 Å². The van der Waals surface area contributed by atoms with Gasteiger partial charge in [0.15, 0.2) is 5.96 Å². The van der Waals surface area contributed by atoms with Gasteiger partial charge in [-0.3, -0.25) is 9.89 Å². The highest BCUT2D eigenvalue weighted by Gasteiger charge is 2.20. The van der Waals surface area contributed by atoms with E-state index in [9.17, 15) is 0 Å². The maximum Gasteiger partial charge on any atom is 0.191 e. The Morgan fingerprint density at radius 3 is 2.82 bits per heavy atom. The fourth-order valence-corrected chi connectivity index (χ4v) is 4.35. The Morgan fingerprint density at radius 1 is 1.25 bits per heavy atom. The Hall–Kier alpha value is -1.92. The molecule has 28 heavy (non-hydrogen) atoms. The number of guanidine groups is 1. The first-order chi connectivity index (χ1) is 13.7. The van der Waals surface area contributed by atoms with E-state index in [1.165, 1.54) is 21.0 Å². The Balaban J connectivity index is 1.49. The van der Waals surface area contributed by atoms with Crippen LogP contribution in [0.1, 0.15) is 41.8 Å². The van der Waals surface area contributed by atoms with Crippen LogP contribution in [-0.4, -0.2) is 48.1 Å². The fourth-order valence-electron chi connectivity index (χ4n) is 3.49. The third-order valence-corrected chi connectivity index (χ3v) is 6.42. The zero-order valence-electron chi connectivity index (χ0n) is 17.4. The molecular formula is C22H33N5S. The topological polar surface area (TPSA) is 52.6 Å². The summed E-state index contributed by atoms with van der Waals surface area (Å²) in [5, 5.41) is 8.01. The van der Waals surface area contributed by atoms with Crippen LogP contribution < -0.4 is 10.6 Å². The first-order valence-corrected chi connectivity index (χ1v) is 11.3. The fraction of sp³-hybridized carbons (Fsp3) is 0.545. The number of thiazole rings is 1. The van der Waals surface area contributed by atoms with E-state index in [1.807, 2.05) is 17.5 Å². The molecule has 3 rings (SSSR count). The summed E-state index contributed by atoms with van der Waals surface area (Å²) in [6.45, 7) is 11.2. The molecule has 2 N–H and O–H groups in total. The number of aryl methyl sites for hydroxylation is 1. The lowest BCUT2D eigenvalue weighted by molar-refractivity contribution is 0.195. The van der Waals surface area contributed by atoms with Gasteiger partial charge in [0.1, 0.15) is 0 Å². The number of fused-ring (bicyclic) bond motifs is 1. The van der Waals surface area contributed by atoms with Crippen molar-refractivity contribution >= 4 is 17.3 Å². The minimum atomic E-state index is 0.426. The van der Waals surface area contributed by atoms with Gasteiger partial charge in [-0.1, -0.05) is 31.2 Å². The first kappa shape index (κ1) is 20.8. The zero-order valence-corrected chi connectivity index (χ0v) is 18.2. The second-order valence-electron chi connectivity index (χ2n) is 7.31. The van der Waals surface area contributed by atoms with Gasteiger partial charge in [-0.2, -0.15) is 0 Å². The van der Waals surface area contributed by atoms with Crippen LogP contribution in [0.4, 0.5) is 0 Å². The SMILES string of the molecule is CCNC(=NCC(C)N1CCc2ccccc2C1)NCCc1ncc(CC)s1. The Bertz CT molecular complexity index is 770. The molecule has 0 spiro atoms. The highest BCUT2D eigenvalue weighted by atomic mass is 32.1. The zero-order chi connectivity index (χ0) is 19.8. The van der Waals surface area contributed by atoms with Crippen molar-refractivity contribution < 1.29 is 0 Å². The van der Waals surface area contributed by atoms with Gasteiger partial charge in [0.05, 0.1) is 11.6 Å². The first-order valence-electron chi connectivity index (χ1n) is 10.5. The maximum absolute atomic E-state index is 4.83. The third-order valence-electron chi connectivity index (χ3n) is 5.22. The number of hydrogen-bond acceptors (Lipinski definition) is 4. The van der Waals surface area contributed by atoms with Crippen molar-refractivity contribution in [2.45, 2.75) is 52.6 Å². The molecule has 0 bridgehead atoms. The number of benzene rings is 1. The van der Waals surface area contributed by atoms with Crippen molar-refractivity contribution in [2.75, 3.05) is 26.2 Å². The molecule has 1 aliphatic heterocycles. The number of rotatable bonds is 8. The molecule has 1 aromatic heterocycles. The normalized spacial score (nSPS) is 15.9. The van der Waals surface area contributed by atoms with Crippen LogP contribution in [0.15, 0.2) is 35.5 Å². The van der Waals surface area contributed by atoms with Crippen LogP contribution in [0.25, 0.3) is 0 Å². The Labute approximate surface area is 173 Å². The van der Waals surface area contributed by atoms with E-state index in [0.717, 1.165) is 57.9 Å². The van der Waals surface area contributed by atoms with Crippen molar-refractivity contribution in [1.82, 2.24) is 20.5 Å². The van der Waals surface area contributed by atoms with E-state index in [1.54, 1.807) is 0 Å². The van der Waals surface area contributed by atoms with E-state index in [2.05, 4.69) is 65.6 Å². The lowest BCUT2D eigenvalue weighted by Gasteiger charge is -2.33. The molecule has 1 aromatic carbocycles. The summed E-state index contributed by atoms with van der Waals surface area (Å²) in [6.07, 6.45) is 5.13. The smallest absolute Gasteiger partial charge is 0.191 e. The summed E-state index contributed by atoms with van der Waals surface area (Å²) in [6, 6.07) is 9.23. The number of hydrogen-bond donors (Lipinski definition) is 2. The van der Waals surface area contributed by atoms with Gasteiger partial charge in [-0.25, -0.2) is 4.98 Å². The van der Waals surface area contributed by atoms with E-state index in [4.69, 9.17) is 4.99 Å². The molecule has 5 nitrogen and oxygen atoms in total. The predicted molar refractivity (Wildman–Crippen MR) is 119 cm³/mol. The third kappa shape index (κ3) is 5.79. The number of nitrogens with one attached hydrogen (secondary N) is 2. The van der Waals surface area contributed by atoms with Gasteiger partial charge < -0.3 is 10.6 Å². The average Bonchev–Trinajstić information content (AvgIpc) is 3.19. The molecule has 0 amide bonds. The summed E-state index contributed by atoms with van der Waals surface area (Å²) < 4.78 is 0. The molecule has 0 fully saturated rings. The highest BCUT2D eigenvalue weighted by Crippen LogP contribution is 2.20. The van der Waals surface area contributed by atoms with Crippen molar-refractivity contribution in [3.63, 3.8) is 0 Å². The van der Waals surface area contributed by atoms with E-state index in [0.29, 0.717) is 6.04 Å². The van der Waals surface area contributed by atoms with Crippen LogP contribution in [0, 0.1) is 0 Å². The standard InChI is InChI=1S/C22H33N5S/c1-4-20-15-25-21(28-20)10-12-24-22(23-5-2)26-14-17(3)27-13-11-18-8-6-7-9-19(18)16-27/h6-9,15,17H,4-5,10-14,16H2,1-3H3,(H2,23,24,26). The van der Waals surface area contributed by atoms with Crippen LogP contribution in [-0.2, 0) is 25.8 Å². The average molecular weight is 400 g/mol. The van der Waals surface area contributed by atoms with Gasteiger partial charge in [-0.15, -0.1) is 11.3 Å². The molecule has 1 atom stereocenters. The second-order valence-corrected chi connectivity index (χ2v) is 8.51. The molecular weight excluding hydrogens is 366 g/mol. The summed E-state index contributed by atoms with van der Waals surface area (Å²) >= 11 is 1.81. The van der Waals surface area contributed by atoms with Gasteiger partial charge in [-0.05, 0) is 37.8 Å². The van der Waals surface area contributed by atoms with Gasteiger partial charge >= 0.3 is 0 Å². The van der Waals surface area contributed by atoms with Crippen molar-refractivity contribution in [3.05, 3.63) is 51.5 Å². The molecule has 6 heteroatoms. The molecule has 152 valence electrons. The van der Waals surface area contributed by atoms with Crippen LogP contribution in [0.5, 0.6) is 0 Å². The van der Waals surface area contributed by atoms with E-state index < -0.39 is 0 Å². The molecule has 0 saturated heterocycles. The highest BCUT2D eigenvalue weighted by molar-refractivity contribution is 7.11. The van der Waals surface area contributed by atoms with Crippen LogP contribution in [0.3, 0.4) is 0 Å². The molecule has 0 aliphatic carbocycles. The minimum Gasteiger partial charge on any atom is -0.357 e. The molecule has 1 unspecified atom stereocenters. The van der Waals surface area contributed by atoms with Crippen molar-refractivity contribution in [1.29, 1.82) is 0 Å². The van der Waals surface area contributed by atoms with Gasteiger partial charge in [0, 0.05) is 49.7 Å². The Kier molecular flexibility index (Phi) is 7.86. The second kappa shape index (κ2) is 10.6. The van der Waals surface area contributed by atoms with E-state index >= 15 is 0 Å².